The van der Waals surface area contributed by atoms with E-state index in [1.54, 1.807) is 69.3 Å². The minimum atomic E-state index is -0.408. The summed E-state index contributed by atoms with van der Waals surface area (Å²) in [4.78, 5) is 29.6. The van der Waals surface area contributed by atoms with Gasteiger partial charge in [0.05, 0.1) is 53.8 Å². The van der Waals surface area contributed by atoms with Crippen molar-refractivity contribution in [2.75, 3.05) is 23.9 Å². The van der Waals surface area contributed by atoms with Crippen molar-refractivity contribution in [2.45, 2.75) is 14.7 Å². The molecule has 0 radical (unpaired) electrons. The van der Waals surface area contributed by atoms with Gasteiger partial charge in [0.1, 0.15) is 0 Å². The lowest BCUT2D eigenvalue weighted by atomic mass is 9.97. The zero-order valence-electron chi connectivity index (χ0n) is 21.1. The summed E-state index contributed by atoms with van der Waals surface area (Å²) in [6, 6.07) is 18.9. The monoisotopic (exact) mass is 637 g/mol. The van der Waals surface area contributed by atoms with Gasteiger partial charge in [0.2, 0.25) is 0 Å². The maximum absolute atomic E-state index is 12.3. The summed E-state index contributed by atoms with van der Waals surface area (Å²) >= 11 is 10.3. The standard InChI is InChI=1S/C29H23N3O2S6/c1-2-25(33)34-12-29(13-35-19-6-3-9-22-26(19)30-16-38-22,14-36-20-7-4-10-23-27(20)31-17-39-23)15-37-21-8-5-11-24-28(21)32-18-40-24/h2-11,16-18H,1,12-15H2. The smallest absolute Gasteiger partial charge is 0.330 e. The maximum Gasteiger partial charge on any atom is 0.330 e. The fourth-order valence-electron chi connectivity index (χ4n) is 4.16. The lowest BCUT2D eigenvalue weighted by Crippen LogP contribution is -2.36. The van der Waals surface area contributed by atoms with Gasteiger partial charge in [-0.25, -0.2) is 19.7 Å². The van der Waals surface area contributed by atoms with Crippen molar-refractivity contribution in [3.63, 3.8) is 0 Å². The van der Waals surface area contributed by atoms with Crippen molar-refractivity contribution < 1.29 is 9.53 Å². The van der Waals surface area contributed by atoms with Gasteiger partial charge < -0.3 is 4.74 Å². The molecule has 202 valence electrons. The quantitative estimate of drug-likeness (QED) is 0.0749. The van der Waals surface area contributed by atoms with Crippen LogP contribution in [-0.4, -0.2) is 44.8 Å². The molecule has 6 rings (SSSR count). The van der Waals surface area contributed by atoms with Gasteiger partial charge in [0.15, 0.2) is 0 Å². The zero-order chi connectivity index (χ0) is 27.4. The van der Waals surface area contributed by atoms with E-state index in [4.69, 9.17) is 4.74 Å². The molecule has 0 N–H and O–H groups in total. The minimum Gasteiger partial charge on any atom is -0.462 e. The van der Waals surface area contributed by atoms with Gasteiger partial charge in [0, 0.05) is 43.4 Å². The number of ether oxygens (including phenoxy) is 1. The Morgan fingerprint density at radius 1 is 0.725 bits per heavy atom. The van der Waals surface area contributed by atoms with E-state index >= 15 is 0 Å². The first-order chi connectivity index (χ1) is 19.6. The minimum absolute atomic E-state index is 0.276. The molecular weight excluding hydrogens is 615 g/mol. The zero-order valence-corrected chi connectivity index (χ0v) is 26.0. The summed E-state index contributed by atoms with van der Waals surface area (Å²) in [6.07, 6.45) is 1.24. The van der Waals surface area contributed by atoms with E-state index in [0.29, 0.717) is 0 Å². The molecule has 11 heteroatoms. The Hall–Kier alpha value is -2.41. The van der Waals surface area contributed by atoms with Crippen molar-refractivity contribution in [1.29, 1.82) is 0 Å². The van der Waals surface area contributed by atoms with Crippen molar-refractivity contribution in [3.05, 3.63) is 83.8 Å². The lowest BCUT2D eigenvalue weighted by Gasteiger charge is -2.32. The summed E-state index contributed by atoms with van der Waals surface area (Å²) in [5.74, 6) is 1.82. The average molecular weight is 638 g/mol. The predicted molar refractivity (Wildman–Crippen MR) is 175 cm³/mol. The largest absolute Gasteiger partial charge is 0.462 e. The molecule has 3 heterocycles. The van der Waals surface area contributed by atoms with Gasteiger partial charge in [-0.05, 0) is 36.4 Å². The summed E-state index contributed by atoms with van der Waals surface area (Å²) in [5, 5.41) is 0. The molecule has 5 nitrogen and oxygen atoms in total. The molecule has 3 aromatic heterocycles. The second-order valence-electron chi connectivity index (χ2n) is 9.04. The molecule has 6 aromatic rings. The molecule has 0 aliphatic rings. The first-order valence-corrected chi connectivity index (χ1v) is 17.9. The number of hydrogen-bond acceptors (Lipinski definition) is 11. The van der Waals surface area contributed by atoms with Crippen molar-refractivity contribution in [1.82, 2.24) is 15.0 Å². The second kappa shape index (κ2) is 12.6. The first-order valence-electron chi connectivity index (χ1n) is 12.3. The van der Waals surface area contributed by atoms with Crippen LogP contribution in [-0.2, 0) is 9.53 Å². The van der Waals surface area contributed by atoms with Crippen LogP contribution in [0.2, 0.25) is 0 Å². The maximum atomic E-state index is 12.3. The third kappa shape index (κ3) is 6.09. The van der Waals surface area contributed by atoms with E-state index < -0.39 is 5.97 Å². The third-order valence-corrected chi connectivity index (χ3v) is 12.8. The number of fused-ring (bicyclic) bond motifs is 3. The summed E-state index contributed by atoms with van der Waals surface area (Å²) < 4.78 is 9.31. The van der Waals surface area contributed by atoms with Gasteiger partial charge in [0.25, 0.3) is 0 Å². The molecule has 0 bridgehead atoms. The summed E-state index contributed by atoms with van der Waals surface area (Å²) in [5.41, 5.74) is 8.37. The number of hydrogen-bond donors (Lipinski definition) is 0. The molecule has 0 aliphatic carbocycles. The highest BCUT2D eigenvalue weighted by Gasteiger charge is 2.34. The highest BCUT2D eigenvalue weighted by molar-refractivity contribution is 8.01. The topological polar surface area (TPSA) is 65.0 Å². The molecule has 0 aliphatic heterocycles. The SMILES string of the molecule is C=CC(=O)OCC(CSc1cccc2scnc12)(CSc1cccc2scnc12)CSc1cccc2scnc12. The lowest BCUT2D eigenvalue weighted by molar-refractivity contribution is -0.140. The van der Waals surface area contributed by atoms with Crippen LogP contribution in [0.1, 0.15) is 0 Å². The molecule has 0 spiro atoms. The molecule has 3 aromatic carbocycles. The van der Waals surface area contributed by atoms with Crippen molar-refractivity contribution in [3.8, 4) is 0 Å². The Labute approximate surface area is 256 Å². The van der Waals surface area contributed by atoms with E-state index in [-0.39, 0.29) is 12.0 Å². The fraction of sp³-hybridized carbons (Fsp3) is 0.172. The van der Waals surface area contributed by atoms with Gasteiger partial charge >= 0.3 is 5.97 Å². The Morgan fingerprint density at radius 3 is 1.50 bits per heavy atom. The van der Waals surface area contributed by atoms with Crippen LogP contribution in [0, 0.1) is 5.41 Å². The van der Waals surface area contributed by atoms with Gasteiger partial charge in [-0.1, -0.05) is 24.8 Å². The van der Waals surface area contributed by atoms with Gasteiger partial charge in [-0.2, -0.15) is 0 Å². The number of nitrogens with zero attached hydrogens (tertiary/aromatic N) is 3. The van der Waals surface area contributed by atoms with Crippen LogP contribution < -0.4 is 0 Å². The van der Waals surface area contributed by atoms with E-state index in [1.807, 2.05) is 16.5 Å². The van der Waals surface area contributed by atoms with Crippen LogP contribution in [0.5, 0.6) is 0 Å². The van der Waals surface area contributed by atoms with Crippen LogP contribution in [0.15, 0.2) is 98.5 Å². The molecular formula is C29H23N3O2S6. The Kier molecular flexibility index (Phi) is 8.76. The van der Waals surface area contributed by atoms with Crippen molar-refractivity contribution >= 4 is 106 Å². The second-order valence-corrected chi connectivity index (χ2v) is 14.8. The molecule has 0 saturated heterocycles. The Balaban J connectivity index is 1.33. The number of rotatable bonds is 12. The molecule has 40 heavy (non-hydrogen) atoms. The number of para-hydroxylation sites is 3. The van der Waals surface area contributed by atoms with Crippen LogP contribution in [0.3, 0.4) is 0 Å². The molecule has 0 saturated carbocycles. The van der Waals surface area contributed by atoms with E-state index in [1.165, 1.54) is 20.2 Å². The Morgan fingerprint density at radius 2 is 1.12 bits per heavy atom. The number of thioether (sulfide) groups is 3. The average Bonchev–Trinajstić information content (AvgIpc) is 3.77. The normalized spacial score (nSPS) is 11.9. The number of carbonyl (C=O) groups excluding carboxylic acids is 1. The number of aromatic nitrogens is 3. The van der Waals surface area contributed by atoms with E-state index in [2.05, 4.69) is 76.1 Å². The Bertz CT molecular complexity index is 1600. The summed E-state index contributed by atoms with van der Waals surface area (Å²) in [6.45, 7) is 3.89. The summed E-state index contributed by atoms with van der Waals surface area (Å²) in [7, 11) is 0. The highest BCUT2D eigenvalue weighted by atomic mass is 32.2. The number of esters is 1. The number of carbonyl (C=O) groups is 1. The molecule has 0 fully saturated rings. The first kappa shape index (κ1) is 27.7. The fourth-order valence-corrected chi connectivity index (χ4v) is 10.5. The molecule has 0 unspecified atom stereocenters. The third-order valence-electron chi connectivity index (χ3n) is 6.26. The van der Waals surface area contributed by atoms with Crippen molar-refractivity contribution in [2.24, 2.45) is 5.41 Å². The van der Waals surface area contributed by atoms with E-state index in [9.17, 15) is 4.79 Å². The highest BCUT2D eigenvalue weighted by Crippen LogP contribution is 2.42. The number of thiazole rings is 3. The molecule has 0 atom stereocenters. The van der Waals surface area contributed by atoms with Crippen LogP contribution in [0.25, 0.3) is 30.6 Å². The predicted octanol–water partition coefficient (Wildman–Crippen LogP) is 8.91. The van der Waals surface area contributed by atoms with E-state index in [0.717, 1.165) is 48.5 Å². The van der Waals surface area contributed by atoms with Crippen LogP contribution in [0.4, 0.5) is 0 Å². The van der Waals surface area contributed by atoms with Gasteiger partial charge in [-0.15, -0.1) is 69.3 Å². The van der Waals surface area contributed by atoms with Gasteiger partial charge in [-0.3, -0.25) is 0 Å². The van der Waals surface area contributed by atoms with Crippen LogP contribution >= 0.6 is 69.3 Å². The molecule has 0 amide bonds. The number of benzene rings is 3.